The fourth-order valence-corrected chi connectivity index (χ4v) is 5.18. The van der Waals surface area contributed by atoms with Gasteiger partial charge in [0, 0.05) is 41.9 Å². The Labute approximate surface area is 257 Å². The highest BCUT2D eigenvalue weighted by molar-refractivity contribution is 5.98. The molecule has 8 nitrogen and oxygen atoms in total. The van der Waals surface area contributed by atoms with E-state index in [0.29, 0.717) is 34.3 Å². The maximum absolute atomic E-state index is 14.9. The molecule has 0 bridgehead atoms. The Bertz CT molecular complexity index is 1800. The standard InChI is InChI=1S/C29H25FN4O4.C4H10.C2H6/c1-16(35)23-13-18-15-31-29(33-28(18)34(23)20-5-3-4-6-20)32-19-9-12-22-24(14-19)38-27(25(30)26(22)36)17-7-10-21(37-2)11-8-17;1-4(2)3;1-2/h7-15,20H,3-6H2,1-2H3,(H,31,32,33);4H,1-3H3;1-2H3. The lowest BCUT2D eigenvalue weighted by Crippen LogP contribution is -2.12. The predicted octanol–water partition coefficient (Wildman–Crippen LogP) is 9.10. The van der Waals surface area contributed by atoms with Crippen LogP contribution in [0.4, 0.5) is 16.0 Å². The second kappa shape index (κ2) is 14.3. The topological polar surface area (TPSA) is 99.2 Å². The molecule has 3 aromatic heterocycles. The van der Waals surface area contributed by atoms with Crippen LogP contribution in [0.2, 0.25) is 0 Å². The summed E-state index contributed by atoms with van der Waals surface area (Å²) in [5.41, 5.74) is 1.81. The first-order valence-electron chi connectivity index (χ1n) is 15.2. The lowest BCUT2D eigenvalue weighted by atomic mass is 10.1. The Kier molecular flexibility index (Phi) is 10.5. The normalized spacial score (nSPS) is 12.9. The summed E-state index contributed by atoms with van der Waals surface area (Å²) in [7, 11) is 1.54. The minimum absolute atomic E-state index is 0.00568. The van der Waals surface area contributed by atoms with Gasteiger partial charge in [0.1, 0.15) is 17.0 Å². The van der Waals surface area contributed by atoms with Crippen LogP contribution in [-0.4, -0.2) is 27.4 Å². The number of hydrogen-bond acceptors (Lipinski definition) is 7. The third-order valence-corrected chi connectivity index (χ3v) is 7.07. The zero-order valence-electron chi connectivity index (χ0n) is 26.5. The average molecular weight is 601 g/mol. The number of fused-ring (bicyclic) bond motifs is 2. The van der Waals surface area contributed by atoms with Gasteiger partial charge in [-0.25, -0.2) is 4.98 Å². The van der Waals surface area contributed by atoms with Gasteiger partial charge in [0.2, 0.25) is 17.2 Å². The van der Waals surface area contributed by atoms with E-state index in [1.807, 2.05) is 24.5 Å². The maximum atomic E-state index is 14.9. The number of ketones is 1. The minimum Gasteiger partial charge on any atom is -0.497 e. The van der Waals surface area contributed by atoms with Gasteiger partial charge in [-0.1, -0.05) is 47.5 Å². The number of nitrogens with zero attached hydrogens (tertiary/aromatic N) is 3. The number of benzene rings is 2. The summed E-state index contributed by atoms with van der Waals surface area (Å²) >= 11 is 0. The predicted molar refractivity (Wildman–Crippen MR) is 175 cm³/mol. The van der Waals surface area contributed by atoms with E-state index in [-0.39, 0.29) is 28.6 Å². The van der Waals surface area contributed by atoms with Crippen LogP contribution in [0.25, 0.3) is 33.3 Å². The summed E-state index contributed by atoms with van der Waals surface area (Å²) in [5.74, 6) is 0.672. The fourth-order valence-electron chi connectivity index (χ4n) is 5.18. The Balaban J connectivity index is 0.000000683. The maximum Gasteiger partial charge on any atom is 0.229 e. The Hall–Kier alpha value is -4.53. The van der Waals surface area contributed by atoms with Crippen LogP contribution in [0.5, 0.6) is 5.75 Å². The van der Waals surface area contributed by atoms with E-state index in [1.165, 1.54) is 13.2 Å². The average Bonchev–Trinajstić information content (AvgIpc) is 3.68. The second-order valence-electron chi connectivity index (χ2n) is 11.2. The highest BCUT2D eigenvalue weighted by Gasteiger charge is 2.24. The number of anilines is 2. The molecule has 3 heterocycles. The Morgan fingerprint density at radius 2 is 1.73 bits per heavy atom. The first-order valence-corrected chi connectivity index (χ1v) is 15.2. The van der Waals surface area contributed by atoms with Crippen LogP contribution in [0.3, 0.4) is 0 Å². The smallest absolute Gasteiger partial charge is 0.229 e. The largest absolute Gasteiger partial charge is 0.497 e. The SMILES string of the molecule is CC.CC(C)C.COc1ccc(-c2oc3cc(Nc4ncc5cc(C(C)=O)n(C6CCCC6)c5n4)ccc3c(=O)c2F)cc1. The van der Waals surface area contributed by atoms with Gasteiger partial charge in [0.25, 0.3) is 0 Å². The molecule has 1 aliphatic carbocycles. The number of ether oxygens (including phenoxy) is 1. The number of aromatic nitrogens is 3. The molecule has 1 aliphatic rings. The molecule has 0 spiro atoms. The van der Waals surface area contributed by atoms with Crippen molar-refractivity contribution in [3.63, 3.8) is 0 Å². The van der Waals surface area contributed by atoms with Crippen molar-refractivity contribution < 1.29 is 18.3 Å². The summed E-state index contributed by atoms with van der Waals surface area (Å²) in [6.07, 6.45) is 5.96. The van der Waals surface area contributed by atoms with Crippen molar-refractivity contribution in [1.29, 1.82) is 0 Å². The molecule has 2 aromatic carbocycles. The number of rotatable bonds is 6. The third-order valence-electron chi connectivity index (χ3n) is 7.07. The minimum atomic E-state index is -0.953. The molecular formula is C35H41FN4O4. The van der Waals surface area contributed by atoms with Crippen LogP contribution in [0.1, 0.15) is 83.8 Å². The molecule has 232 valence electrons. The number of methoxy groups -OCH3 is 1. The van der Waals surface area contributed by atoms with Crippen molar-refractivity contribution in [2.24, 2.45) is 5.92 Å². The molecule has 1 N–H and O–H groups in total. The van der Waals surface area contributed by atoms with Gasteiger partial charge in [-0.2, -0.15) is 9.37 Å². The Morgan fingerprint density at radius 1 is 1.07 bits per heavy atom. The number of carbonyl (C=O) groups excluding carboxylic acids is 1. The summed E-state index contributed by atoms with van der Waals surface area (Å²) in [4.78, 5) is 34.3. The van der Waals surface area contributed by atoms with Crippen molar-refractivity contribution >= 4 is 39.4 Å². The van der Waals surface area contributed by atoms with Crippen LogP contribution < -0.4 is 15.5 Å². The molecule has 0 amide bonds. The zero-order chi connectivity index (χ0) is 32.0. The van der Waals surface area contributed by atoms with Gasteiger partial charge >= 0.3 is 0 Å². The lowest BCUT2D eigenvalue weighted by Gasteiger charge is -2.16. The first kappa shape index (κ1) is 32.4. The van der Waals surface area contributed by atoms with Gasteiger partial charge in [-0.3, -0.25) is 9.59 Å². The first-order chi connectivity index (χ1) is 21.2. The quantitative estimate of drug-likeness (QED) is 0.194. The van der Waals surface area contributed by atoms with E-state index in [0.717, 1.165) is 37.0 Å². The number of nitrogens with one attached hydrogen (secondary N) is 1. The van der Waals surface area contributed by atoms with Crippen LogP contribution in [0, 0.1) is 11.7 Å². The van der Waals surface area contributed by atoms with E-state index < -0.39 is 11.2 Å². The molecule has 9 heteroatoms. The van der Waals surface area contributed by atoms with Gasteiger partial charge in [-0.05, 0) is 61.2 Å². The van der Waals surface area contributed by atoms with E-state index >= 15 is 0 Å². The van der Waals surface area contributed by atoms with Crippen LogP contribution in [-0.2, 0) is 0 Å². The monoisotopic (exact) mass is 600 g/mol. The number of halogens is 1. The van der Waals surface area contributed by atoms with Crippen molar-refractivity contribution in [3.8, 4) is 17.1 Å². The van der Waals surface area contributed by atoms with E-state index in [1.54, 1.807) is 49.5 Å². The molecule has 0 atom stereocenters. The highest BCUT2D eigenvalue weighted by atomic mass is 19.1. The molecule has 44 heavy (non-hydrogen) atoms. The van der Waals surface area contributed by atoms with Crippen molar-refractivity contribution in [2.75, 3.05) is 12.4 Å². The third kappa shape index (κ3) is 6.98. The van der Waals surface area contributed by atoms with Crippen molar-refractivity contribution in [1.82, 2.24) is 14.5 Å². The van der Waals surface area contributed by atoms with E-state index in [4.69, 9.17) is 14.1 Å². The van der Waals surface area contributed by atoms with Crippen LogP contribution >= 0.6 is 0 Å². The van der Waals surface area contributed by atoms with Gasteiger partial charge in [-0.15, -0.1) is 0 Å². The molecule has 1 fully saturated rings. The molecule has 5 aromatic rings. The number of Topliss-reactive ketones (excluding diaryl/α,β-unsaturated/α-hetero) is 1. The molecule has 0 saturated heterocycles. The molecule has 1 saturated carbocycles. The summed E-state index contributed by atoms with van der Waals surface area (Å²) in [6.45, 7) is 12.1. The van der Waals surface area contributed by atoms with E-state index in [9.17, 15) is 14.0 Å². The second-order valence-corrected chi connectivity index (χ2v) is 11.2. The van der Waals surface area contributed by atoms with Crippen molar-refractivity contribution in [3.05, 3.63) is 76.5 Å². The summed E-state index contributed by atoms with van der Waals surface area (Å²) in [6, 6.07) is 13.5. The summed E-state index contributed by atoms with van der Waals surface area (Å²) < 4.78 is 28.0. The Morgan fingerprint density at radius 3 is 2.34 bits per heavy atom. The zero-order valence-corrected chi connectivity index (χ0v) is 26.5. The molecule has 0 unspecified atom stereocenters. The summed E-state index contributed by atoms with van der Waals surface area (Å²) in [5, 5.41) is 4.09. The van der Waals surface area contributed by atoms with Crippen LogP contribution in [0.15, 0.2) is 63.9 Å². The lowest BCUT2D eigenvalue weighted by molar-refractivity contribution is 0.100. The fraction of sp³-hybridized carbons (Fsp3) is 0.371. The van der Waals surface area contributed by atoms with E-state index in [2.05, 4.69) is 31.1 Å². The molecule has 6 rings (SSSR count). The number of carbonyl (C=O) groups is 1. The van der Waals surface area contributed by atoms with Gasteiger partial charge < -0.3 is 19.0 Å². The molecule has 0 radical (unpaired) electrons. The van der Waals surface area contributed by atoms with Gasteiger partial charge in [0.15, 0.2) is 11.5 Å². The molecule has 0 aliphatic heterocycles. The van der Waals surface area contributed by atoms with Crippen molar-refractivity contribution in [2.45, 2.75) is 73.3 Å². The molecular weight excluding hydrogens is 559 g/mol. The number of hydrogen-bond donors (Lipinski definition) is 1. The highest BCUT2D eigenvalue weighted by Crippen LogP contribution is 2.35. The van der Waals surface area contributed by atoms with Gasteiger partial charge in [0.05, 0.1) is 18.2 Å².